The topological polar surface area (TPSA) is 95.8 Å². The molecule has 2 heterocycles. The Morgan fingerprint density at radius 3 is 2.27 bits per heavy atom. The summed E-state index contributed by atoms with van der Waals surface area (Å²) in [6.07, 6.45) is 0.743. The SMILES string of the molecule is CCCn1nc(C(=O)N2CCN(S(=O)(=O)N(CC)CC)CC2)ccc1=O. The summed E-state index contributed by atoms with van der Waals surface area (Å²) in [5, 5.41) is 4.13. The van der Waals surface area contributed by atoms with E-state index in [0.29, 0.717) is 32.7 Å². The molecule has 1 aromatic heterocycles. The zero-order valence-corrected chi connectivity index (χ0v) is 16.4. The summed E-state index contributed by atoms with van der Waals surface area (Å²) in [6, 6.07) is 2.77. The molecule has 0 aliphatic carbocycles. The Morgan fingerprint density at radius 2 is 1.73 bits per heavy atom. The van der Waals surface area contributed by atoms with E-state index in [1.165, 1.54) is 25.4 Å². The number of piperazine rings is 1. The van der Waals surface area contributed by atoms with Gasteiger partial charge in [-0.1, -0.05) is 20.8 Å². The summed E-state index contributed by atoms with van der Waals surface area (Å²) < 4.78 is 29.2. The van der Waals surface area contributed by atoms with Gasteiger partial charge in [-0.3, -0.25) is 9.59 Å². The fraction of sp³-hybridized carbons (Fsp3) is 0.688. The van der Waals surface area contributed by atoms with Crippen molar-refractivity contribution in [2.24, 2.45) is 0 Å². The van der Waals surface area contributed by atoms with Gasteiger partial charge in [0.25, 0.3) is 21.7 Å². The first-order valence-corrected chi connectivity index (χ1v) is 10.4. The van der Waals surface area contributed by atoms with E-state index in [1.54, 1.807) is 18.7 Å². The van der Waals surface area contributed by atoms with Crippen molar-refractivity contribution in [2.45, 2.75) is 33.7 Å². The van der Waals surface area contributed by atoms with Crippen LogP contribution in [-0.4, -0.2) is 76.9 Å². The van der Waals surface area contributed by atoms with Crippen LogP contribution in [0.3, 0.4) is 0 Å². The predicted octanol–water partition coefficient (Wildman–Crippen LogP) is -0.00230. The number of aryl methyl sites for hydroxylation is 1. The summed E-state index contributed by atoms with van der Waals surface area (Å²) in [5.41, 5.74) is -0.0309. The third-order valence-corrected chi connectivity index (χ3v) is 6.59. The molecule has 1 fully saturated rings. The van der Waals surface area contributed by atoms with E-state index in [2.05, 4.69) is 5.10 Å². The molecule has 10 heteroatoms. The molecule has 0 atom stereocenters. The molecule has 1 amide bonds. The molecule has 1 aliphatic rings. The third kappa shape index (κ3) is 4.30. The summed E-state index contributed by atoms with van der Waals surface area (Å²) in [6.45, 7) is 7.92. The first-order valence-electron chi connectivity index (χ1n) is 8.97. The van der Waals surface area contributed by atoms with E-state index < -0.39 is 10.2 Å². The van der Waals surface area contributed by atoms with Crippen LogP contribution in [0, 0.1) is 0 Å². The van der Waals surface area contributed by atoms with E-state index >= 15 is 0 Å². The van der Waals surface area contributed by atoms with Crippen molar-refractivity contribution < 1.29 is 13.2 Å². The Kier molecular flexibility index (Phi) is 6.90. The van der Waals surface area contributed by atoms with E-state index in [-0.39, 0.29) is 30.2 Å². The van der Waals surface area contributed by atoms with Gasteiger partial charge in [0.2, 0.25) is 0 Å². The molecule has 0 N–H and O–H groups in total. The first kappa shape index (κ1) is 20.5. The molecule has 2 rings (SSSR count). The van der Waals surface area contributed by atoms with Crippen LogP contribution < -0.4 is 5.56 Å². The molecule has 0 saturated carbocycles. The second-order valence-electron chi connectivity index (χ2n) is 6.06. The maximum atomic E-state index is 12.6. The van der Waals surface area contributed by atoms with Gasteiger partial charge in [-0.05, 0) is 12.5 Å². The van der Waals surface area contributed by atoms with E-state index in [4.69, 9.17) is 0 Å². The maximum absolute atomic E-state index is 12.6. The van der Waals surface area contributed by atoms with Gasteiger partial charge < -0.3 is 4.90 Å². The van der Waals surface area contributed by atoms with Crippen LogP contribution in [0.1, 0.15) is 37.7 Å². The Morgan fingerprint density at radius 1 is 1.12 bits per heavy atom. The average molecular weight is 385 g/mol. The van der Waals surface area contributed by atoms with Crippen LogP contribution in [0.25, 0.3) is 0 Å². The molecular formula is C16H27N5O4S. The fourth-order valence-electron chi connectivity index (χ4n) is 2.93. The third-order valence-electron chi connectivity index (χ3n) is 4.40. The minimum Gasteiger partial charge on any atom is -0.335 e. The number of aromatic nitrogens is 2. The smallest absolute Gasteiger partial charge is 0.282 e. The first-order chi connectivity index (χ1) is 12.3. The Hall–Kier alpha value is -1.78. The van der Waals surface area contributed by atoms with Crippen molar-refractivity contribution in [1.29, 1.82) is 0 Å². The average Bonchev–Trinajstić information content (AvgIpc) is 2.64. The number of amides is 1. The predicted molar refractivity (Wildman–Crippen MR) is 98.1 cm³/mol. The summed E-state index contributed by atoms with van der Waals surface area (Å²) in [7, 11) is -3.49. The van der Waals surface area contributed by atoms with Crippen LogP contribution in [0.5, 0.6) is 0 Å². The number of hydrogen-bond acceptors (Lipinski definition) is 5. The number of carbonyl (C=O) groups excluding carboxylic acids is 1. The number of carbonyl (C=O) groups is 1. The highest BCUT2D eigenvalue weighted by Gasteiger charge is 2.32. The van der Waals surface area contributed by atoms with Crippen LogP contribution in [0.4, 0.5) is 0 Å². The lowest BCUT2D eigenvalue weighted by Gasteiger charge is -2.36. The molecule has 0 aromatic carbocycles. The molecule has 0 radical (unpaired) electrons. The number of rotatable bonds is 7. The minimum atomic E-state index is -3.49. The van der Waals surface area contributed by atoms with Crippen molar-refractivity contribution >= 4 is 16.1 Å². The highest BCUT2D eigenvalue weighted by Crippen LogP contribution is 2.13. The van der Waals surface area contributed by atoms with E-state index in [1.807, 2.05) is 6.92 Å². The van der Waals surface area contributed by atoms with Crippen LogP contribution in [0.2, 0.25) is 0 Å². The van der Waals surface area contributed by atoms with Gasteiger partial charge >= 0.3 is 0 Å². The molecule has 1 saturated heterocycles. The fourth-order valence-corrected chi connectivity index (χ4v) is 4.54. The summed E-state index contributed by atoms with van der Waals surface area (Å²) >= 11 is 0. The van der Waals surface area contributed by atoms with Crippen LogP contribution in [0.15, 0.2) is 16.9 Å². The lowest BCUT2D eigenvalue weighted by molar-refractivity contribution is 0.0685. The van der Waals surface area contributed by atoms with Gasteiger partial charge in [-0.15, -0.1) is 0 Å². The van der Waals surface area contributed by atoms with Crippen molar-refractivity contribution in [3.8, 4) is 0 Å². The molecule has 146 valence electrons. The standard InChI is InChI=1S/C16H27N5O4S/c1-4-9-21-15(22)8-7-14(17-21)16(23)18-10-12-20(13-11-18)26(24,25)19(5-2)6-3/h7-8H,4-6,9-13H2,1-3H3. The number of nitrogens with zero attached hydrogens (tertiary/aromatic N) is 5. The summed E-state index contributed by atoms with van der Waals surface area (Å²) in [4.78, 5) is 26.0. The highest BCUT2D eigenvalue weighted by atomic mass is 32.2. The molecule has 0 unspecified atom stereocenters. The molecule has 0 spiro atoms. The maximum Gasteiger partial charge on any atom is 0.282 e. The lowest BCUT2D eigenvalue weighted by Crippen LogP contribution is -2.54. The second kappa shape index (κ2) is 8.74. The van der Waals surface area contributed by atoms with Gasteiger partial charge in [-0.2, -0.15) is 22.1 Å². The van der Waals surface area contributed by atoms with Gasteiger partial charge in [-0.25, -0.2) is 4.68 Å². The molecule has 9 nitrogen and oxygen atoms in total. The monoisotopic (exact) mass is 385 g/mol. The van der Waals surface area contributed by atoms with Gasteiger partial charge in [0.1, 0.15) is 5.69 Å². The Balaban J connectivity index is 2.07. The Bertz CT molecular complexity index is 780. The van der Waals surface area contributed by atoms with Crippen LogP contribution >= 0.6 is 0 Å². The van der Waals surface area contributed by atoms with E-state index in [9.17, 15) is 18.0 Å². The van der Waals surface area contributed by atoms with Gasteiger partial charge in [0.15, 0.2) is 0 Å². The van der Waals surface area contributed by atoms with Crippen molar-refractivity contribution in [2.75, 3.05) is 39.3 Å². The van der Waals surface area contributed by atoms with Crippen molar-refractivity contribution in [3.63, 3.8) is 0 Å². The molecular weight excluding hydrogens is 358 g/mol. The minimum absolute atomic E-state index is 0.207. The van der Waals surface area contributed by atoms with Gasteiger partial charge in [0.05, 0.1) is 0 Å². The van der Waals surface area contributed by atoms with Crippen molar-refractivity contribution in [3.05, 3.63) is 28.2 Å². The normalized spacial score (nSPS) is 16.2. The zero-order valence-electron chi connectivity index (χ0n) is 15.6. The largest absolute Gasteiger partial charge is 0.335 e. The highest BCUT2D eigenvalue weighted by molar-refractivity contribution is 7.86. The second-order valence-corrected chi connectivity index (χ2v) is 7.99. The van der Waals surface area contributed by atoms with E-state index in [0.717, 1.165) is 6.42 Å². The molecule has 1 aliphatic heterocycles. The number of hydrogen-bond donors (Lipinski definition) is 0. The van der Waals surface area contributed by atoms with Crippen LogP contribution in [-0.2, 0) is 16.8 Å². The lowest BCUT2D eigenvalue weighted by atomic mass is 10.3. The quantitative estimate of drug-likeness (QED) is 0.658. The molecule has 26 heavy (non-hydrogen) atoms. The Labute approximate surface area is 154 Å². The molecule has 0 bridgehead atoms. The summed E-state index contributed by atoms with van der Waals surface area (Å²) in [5.74, 6) is -0.283. The van der Waals surface area contributed by atoms with Crippen molar-refractivity contribution in [1.82, 2.24) is 23.3 Å². The van der Waals surface area contributed by atoms with Gasteiger partial charge in [0, 0.05) is 51.9 Å². The zero-order chi connectivity index (χ0) is 19.3. The molecule has 1 aromatic rings.